The second-order valence-corrected chi connectivity index (χ2v) is 10.6. The highest BCUT2D eigenvalue weighted by Gasteiger charge is 2.48. The molecule has 1 amide bonds. The van der Waals surface area contributed by atoms with Gasteiger partial charge in [-0.3, -0.25) is 9.69 Å². The minimum Gasteiger partial charge on any atom is -0.497 e. The fourth-order valence-corrected chi connectivity index (χ4v) is 6.63. The number of hydrogen-bond donors (Lipinski definition) is 0. The number of sulfone groups is 1. The zero-order chi connectivity index (χ0) is 19.2. The SMILES string of the molecule is COc1ccc([C@H]2[C@@H]3CN(C(=O)C4CCS(=O)(=O)CC4)C[C@@H]3CN2C)cc1. The van der Waals surface area contributed by atoms with Gasteiger partial charge in [0.25, 0.3) is 0 Å². The predicted octanol–water partition coefficient (Wildman–Crippen LogP) is 1.58. The summed E-state index contributed by atoms with van der Waals surface area (Å²) in [5, 5.41) is 0. The zero-order valence-corrected chi connectivity index (χ0v) is 16.8. The first-order chi connectivity index (χ1) is 12.9. The Morgan fingerprint density at radius 2 is 1.74 bits per heavy atom. The standard InChI is InChI=1S/C20H28N2O4S/c1-21-11-16-12-22(20(23)15-7-9-27(24,25)10-8-15)13-18(16)19(21)14-3-5-17(26-2)6-4-14/h3-6,15-16,18-19H,7-13H2,1-2H3/t16-,18+,19-/m0/s1. The summed E-state index contributed by atoms with van der Waals surface area (Å²) in [5.41, 5.74) is 1.27. The molecule has 3 saturated heterocycles. The largest absolute Gasteiger partial charge is 0.497 e. The number of carbonyl (C=O) groups excluding carboxylic acids is 1. The number of fused-ring (bicyclic) bond motifs is 1. The summed E-state index contributed by atoms with van der Waals surface area (Å²) in [5.74, 6) is 2.12. The zero-order valence-electron chi connectivity index (χ0n) is 16.0. The van der Waals surface area contributed by atoms with E-state index in [1.165, 1.54) is 5.56 Å². The van der Waals surface area contributed by atoms with E-state index in [9.17, 15) is 13.2 Å². The normalized spacial score (nSPS) is 31.0. The molecule has 27 heavy (non-hydrogen) atoms. The van der Waals surface area contributed by atoms with Crippen molar-refractivity contribution < 1.29 is 17.9 Å². The van der Waals surface area contributed by atoms with Crippen LogP contribution in [0.5, 0.6) is 5.75 Å². The first-order valence-electron chi connectivity index (χ1n) is 9.71. The Hall–Kier alpha value is -1.60. The molecule has 0 aromatic heterocycles. The molecule has 3 fully saturated rings. The number of amides is 1. The molecule has 4 rings (SSSR count). The van der Waals surface area contributed by atoms with E-state index < -0.39 is 9.84 Å². The lowest BCUT2D eigenvalue weighted by molar-refractivity contribution is -0.135. The van der Waals surface area contributed by atoms with E-state index in [0.29, 0.717) is 30.7 Å². The maximum absolute atomic E-state index is 13.0. The highest BCUT2D eigenvalue weighted by atomic mass is 32.2. The maximum Gasteiger partial charge on any atom is 0.225 e. The summed E-state index contributed by atoms with van der Waals surface area (Å²) in [6, 6.07) is 8.55. The van der Waals surface area contributed by atoms with Crippen molar-refractivity contribution >= 4 is 15.7 Å². The summed E-state index contributed by atoms with van der Waals surface area (Å²) < 4.78 is 28.6. The van der Waals surface area contributed by atoms with Gasteiger partial charge in [-0.1, -0.05) is 12.1 Å². The van der Waals surface area contributed by atoms with Gasteiger partial charge in [0.05, 0.1) is 18.6 Å². The van der Waals surface area contributed by atoms with Crippen LogP contribution in [0.25, 0.3) is 0 Å². The van der Waals surface area contributed by atoms with E-state index in [0.717, 1.165) is 25.4 Å². The van der Waals surface area contributed by atoms with E-state index in [1.54, 1.807) is 7.11 Å². The Bertz CT molecular complexity index is 794. The van der Waals surface area contributed by atoms with Crippen molar-refractivity contribution in [2.24, 2.45) is 17.8 Å². The lowest BCUT2D eigenvalue weighted by Gasteiger charge is -2.29. The van der Waals surface area contributed by atoms with Crippen LogP contribution in [-0.4, -0.2) is 69.4 Å². The number of likely N-dealkylation sites (tertiary alicyclic amines) is 2. The molecule has 0 unspecified atom stereocenters. The monoisotopic (exact) mass is 392 g/mol. The van der Waals surface area contributed by atoms with Crippen LogP contribution in [0.2, 0.25) is 0 Å². The van der Waals surface area contributed by atoms with Gasteiger partial charge in [-0.15, -0.1) is 0 Å². The van der Waals surface area contributed by atoms with E-state index in [-0.39, 0.29) is 23.3 Å². The molecular formula is C20H28N2O4S. The second kappa shape index (κ2) is 7.09. The van der Waals surface area contributed by atoms with Gasteiger partial charge in [-0.05, 0) is 43.5 Å². The predicted molar refractivity (Wildman–Crippen MR) is 103 cm³/mol. The summed E-state index contributed by atoms with van der Waals surface area (Å²) in [6.07, 6.45) is 0.962. The van der Waals surface area contributed by atoms with Gasteiger partial charge in [0, 0.05) is 37.5 Å². The molecule has 0 spiro atoms. The molecule has 3 atom stereocenters. The Kier molecular flexibility index (Phi) is 4.93. The Morgan fingerprint density at radius 3 is 2.37 bits per heavy atom. The summed E-state index contributed by atoms with van der Waals surface area (Å²) in [4.78, 5) is 17.3. The fourth-order valence-electron chi connectivity index (χ4n) is 5.14. The number of carbonyl (C=O) groups is 1. The van der Waals surface area contributed by atoms with Crippen LogP contribution in [0.15, 0.2) is 24.3 Å². The molecule has 0 aliphatic carbocycles. The van der Waals surface area contributed by atoms with Gasteiger partial charge in [0.2, 0.25) is 5.91 Å². The van der Waals surface area contributed by atoms with Crippen LogP contribution in [0, 0.1) is 17.8 Å². The third kappa shape index (κ3) is 3.59. The minimum absolute atomic E-state index is 0.121. The third-order valence-electron chi connectivity index (χ3n) is 6.57. The van der Waals surface area contributed by atoms with Gasteiger partial charge < -0.3 is 9.64 Å². The fraction of sp³-hybridized carbons (Fsp3) is 0.650. The van der Waals surface area contributed by atoms with Gasteiger partial charge in [-0.25, -0.2) is 8.42 Å². The van der Waals surface area contributed by atoms with Crippen molar-refractivity contribution in [3.05, 3.63) is 29.8 Å². The second-order valence-electron chi connectivity index (χ2n) is 8.25. The van der Waals surface area contributed by atoms with Gasteiger partial charge in [0.1, 0.15) is 15.6 Å². The smallest absolute Gasteiger partial charge is 0.225 e. The van der Waals surface area contributed by atoms with Crippen molar-refractivity contribution in [2.45, 2.75) is 18.9 Å². The number of rotatable bonds is 3. The number of hydrogen-bond acceptors (Lipinski definition) is 5. The Morgan fingerprint density at radius 1 is 1.07 bits per heavy atom. The molecule has 7 heteroatoms. The van der Waals surface area contributed by atoms with Crippen LogP contribution < -0.4 is 4.74 Å². The van der Waals surface area contributed by atoms with Gasteiger partial charge in [0.15, 0.2) is 0 Å². The molecule has 0 radical (unpaired) electrons. The van der Waals surface area contributed by atoms with Crippen LogP contribution in [-0.2, 0) is 14.6 Å². The lowest BCUT2D eigenvalue weighted by Crippen LogP contribution is -2.40. The topological polar surface area (TPSA) is 66.9 Å². The first-order valence-corrected chi connectivity index (χ1v) is 11.5. The number of nitrogens with zero attached hydrogens (tertiary/aromatic N) is 2. The van der Waals surface area contributed by atoms with E-state index in [4.69, 9.17) is 4.74 Å². The van der Waals surface area contributed by atoms with Crippen molar-refractivity contribution in [3.63, 3.8) is 0 Å². The van der Waals surface area contributed by atoms with Gasteiger partial charge in [-0.2, -0.15) is 0 Å². The van der Waals surface area contributed by atoms with Crippen molar-refractivity contribution in [3.8, 4) is 5.75 Å². The van der Waals surface area contributed by atoms with Crippen molar-refractivity contribution in [1.29, 1.82) is 0 Å². The average molecular weight is 393 g/mol. The highest BCUT2D eigenvalue weighted by Crippen LogP contribution is 2.44. The average Bonchev–Trinajstić information content (AvgIpc) is 3.18. The molecule has 0 bridgehead atoms. The molecule has 0 saturated carbocycles. The van der Waals surface area contributed by atoms with Crippen molar-refractivity contribution in [2.75, 3.05) is 45.3 Å². The molecule has 1 aromatic carbocycles. The van der Waals surface area contributed by atoms with Crippen molar-refractivity contribution in [1.82, 2.24) is 9.80 Å². The number of methoxy groups -OCH3 is 1. The molecule has 3 heterocycles. The molecule has 3 aliphatic rings. The van der Waals surface area contributed by atoms with Gasteiger partial charge >= 0.3 is 0 Å². The highest BCUT2D eigenvalue weighted by molar-refractivity contribution is 7.91. The van der Waals surface area contributed by atoms with Crippen LogP contribution in [0.4, 0.5) is 0 Å². The van der Waals surface area contributed by atoms with Crippen LogP contribution in [0.3, 0.4) is 0 Å². The van der Waals surface area contributed by atoms with Crippen LogP contribution in [0.1, 0.15) is 24.4 Å². The summed E-state index contributed by atoms with van der Waals surface area (Å²) >= 11 is 0. The Balaban J connectivity index is 1.45. The molecule has 3 aliphatic heterocycles. The molecule has 1 aromatic rings. The number of ether oxygens (including phenoxy) is 1. The maximum atomic E-state index is 13.0. The first kappa shape index (κ1) is 18.7. The molecule has 0 N–H and O–H groups in total. The van der Waals surface area contributed by atoms with E-state index >= 15 is 0 Å². The summed E-state index contributed by atoms with van der Waals surface area (Å²) in [7, 11) is 0.895. The molecule has 6 nitrogen and oxygen atoms in total. The molecule has 148 valence electrons. The van der Waals surface area contributed by atoms with Crippen LogP contribution >= 0.6 is 0 Å². The number of benzene rings is 1. The van der Waals surface area contributed by atoms with E-state index in [1.807, 2.05) is 17.0 Å². The summed E-state index contributed by atoms with van der Waals surface area (Å²) in [6.45, 7) is 2.56. The lowest BCUT2D eigenvalue weighted by atomic mass is 9.89. The Labute approximate surface area is 161 Å². The quantitative estimate of drug-likeness (QED) is 0.781. The third-order valence-corrected chi connectivity index (χ3v) is 8.28. The molecular weight excluding hydrogens is 364 g/mol. The minimum atomic E-state index is -2.93. The van der Waals surface area contributed by atoms with E-state index in [2.05, 4.69) is 24.1 Å².